The molecule has 0 bridgehead atoms. The Hall–Kier alpha value is -1.07. The molecule has 0 unspecified atom stereocenters. The molecule has 0 aliphatic rings. The van der Waals surface area contributed by atoms with Crippen LogP contribution in [0.4, 0.5) is 17.6 Å². The van der Waals surface area contributed by atoms with Crippen LogP contribution in [-0.2, 0) is 9.53 Å². The smallest absolute Gasteiger partial charge is 0.340 e. The summed E-state index contributed by atoms with van der Waals surface area (Å²) in [5.41, 5.74) is 0. The van der Waals surface area contributed by atoms with Crippen molar-refractivity contribution in [3.05, 3.63) is 12.7 Å². The molecule has 0 saturated heterocycles. The maximum Gasteiger partial charge on any atom is 0.340 e. The Labute approximate surface area is 65.8 Å². The molecule has 0 atom stereocenters. The molecule has 0 saturated carbocycles. The van der Waals surface area contributed by atoms with Gasteiger partial charge in [-0.3, -0.25) is 0 Å². The quantitative estimate of drug-likeness (QED) is 0.289. The minimum Gasteiger partial charge on any atom is -0.456 e. The standard InChI is InChI=1S/C6H6F4O2/c1-2-4(11)12-3-6(9,10)5(7)8/h2,5H,1,3H2/i4+1. The fourth-order valence-electron chi connectivity index (χ4n) is 0.289. The molecule has 6 heteroatoms. The van der Waals surface area contributed by atoms with E-state index in [1.165, 1.54) is 0 Å². The molecule has 12 heavy (non-hydrogen) atoms. The fraction of sp³-hybridized carbons (Fsp3) is 0.500. The minimum absolute atomic E-state index is 0.613. The van der Waals surface area contributed by atoms with Crippen LogP contribution in [0.1, 0.15) is 0 Å². The first-order valence-electron chi connectivity index (χ1n) is 2.85. The van der Waals surface area contributed by atoms with Gasteiger partial charge in [-0.2, -0.15) is 8.78 Å². The summed E-state index contributed by atoms with van der Waals surface area (Å²) < 4.78 is 50.5. The predicted octanol–water partition coefficient (Wildman–Crippen LogP) is 1.62. The highest BCUT2D eigenvalue weighted by molar-refractivity contribution is 5.81. The van der Waals surface area contributed by atoms with E-state index in [4.69, 9.17) is 0 Å². The lowest BCUT2D eigenvalue weighted by Crippen LogP contribution is -2.33. The van der Waals surface area contributed by atoms with Gasteiger partial charge in [0.15, 0.2) is 6.61 Å². The highest BCUT2D eigenvalue weighted by atomic mass is 19.3. The third kappa shape index (κ3) is 3.36. The summed E-state index contributed by atoms with van der Waals surface area (Å²) in [7, 11) is 0. The summed E-state index contributed by atoms with van der Waals surface area (Å²) in [6.45, 7) is 1.27. The lowest BCUT2D eigenvalue weighted by atomic mass is 10.4. The van der Waals surface area contributed by atoms with E-state index in [0.717, 1.165) is 0 Å². The first-order chi connectivity index (χ1) is 5.40. The van der Waals surface area contributed by atoms with Crippen molar-refractivity contribution in [1.82, 2.24) is 0 Å². The highest BCUT2D eigenvalue weighted by Gasteiger charge is 2.42. The molecule has 0 amide bonds. The Kier molecular flexibility index (Phi) is 3.72. The first-order valence-corrected chi connectivity index (χ1v) is 2.85. The van der Waals surface area contributed by atoms with Crippen molar-refractivity contribution in [2.24, 2.45) is 0 Å². The van der Waals surface area contributed by atoms with Crippen LogP contribution in [0.3, 0.4) is 0 Å². The molecular formula is C6H6F4O2. The van der Waals surface area contributed by atoms with Crippen LogP contribution in [0.2, 0.25) is 0 Å². The van der Waals surface area contributed by atoms with E-state index in [-0.39, 0.29) is 0 Å². The molecule has 0 aromatic rings. The van der Waals surface area contributed by atoms with E-state index in [1.807, 2.05) is 0 Å². The van der Waals surface area contributed by atoms with Crippen molar-refractivity contribution in [1.29, 1.82) is 0 Å². The molecule has 70 valence electrons. The van der Waals surface area contributed by atoms with Gasteiger partial charge < -0.3 is 4.74 Å². The number of alkyl halides is 4. The average Bonchev–Trinajstić information content (AvgIpc) is 2.00. The molecule has 0 spiro atoms. The van der Waals surface area contributed by atoms with Crippen LogP contribution in [0.25, 0.3) is 0 Å². The molecule has 0 rings (SSSR count). The zero-order chi connectivity index (χ0) is 9.78. The highest BCUT2D eigenvalue weighted by Crippen LogP contribution is 2.22. The van der Waals surface area contributed by atoms with Gasteiger partial charge in [0.1, 0.15) is 0 Å². The van der Waals surface area contributed by atoms with Gasteiger partial charge in [0, 0.05) is 6.08 Å². The number of carbonyl (C=O) groups excluding carboxylic acids is 1. The molecule has 2 nitrogen and oxygen atoms in total. The summed E-state index contributed by atoms with van der Waals surface area (Å²) in [4.78, 5) is 10.2. The predicted molar refractivity (Wildman–Crippen MR) is 32.1 cm³/mol. The number of halogens is 4. The zero-order valence-corrected chi connectivity index (χ0v) is 5.90. The molecule has 0 aromatic carbocycles. The van der Waals surface area contributed by atoms with Crippen molar-refractivity contribution in [3.8, 4) is 0 Å². The van der Waals surface area contributed by atoms with E-state index in [2.05, 4.69) is 11.3 Å². The summed E-state index contributed by atoms with van der Waals surface area (Å²) >= 11 is 0. The molecule has 0 aliphatic heterocycles. The zero-order valence-electron chi connectivity index (χ0n) is 5.90. The number of ether oxygens (including phenoxy) is 1. The molecule has 0 heterocycles. The van der Waals surface area contributed by atoms with Crippen molar-refractivity contribution >= 4 is 5.97 Å². The van der Waals surface area contributed by atoms with Gasteiger partial charge in [0.25, 0.3) is 0 Å². The van der Waals surface area contributed by atoms with Crippen LogP contribution < -0.4 is 0 Å². The molecule has 0 N–H and O–H groups in total. The molecular weight excluding hydrogens is 181 g/mol. The first kappa shape index (κ1) is 10.9. The number of hydrogen-bond donors (Lipinski definition) is 0. The van der Waals surface area contributed by atoms with Crippen LogP contribution in [-0.4, -0.2) is 24.9 Å². The summed E-state index contributed by atoms with van der Waals surface area (Å²) in [6.07, 6.45) is -3.23. The largest absolute Gasteiger partial charge is 0.456 e. The van der Waals surface area contributed by atoms with Crippen molar-refractivity contribution in [2.45, 2.75) is 12.3 Å². The Balaban J connectivity index is 3.91. The monoisotopic (exact) mass is 187 g/mol. The van der Waals surface area contributed by atoms with Crippen LogP contribution in [0.15, 0.2) is 12.7 Å². The lowest BCUT2D eigenvalue weighted by molar-refractivity contribution is -0.175. The second-order valence-corrected chi connectivity index (χ2v) is 1.87. The van der Waals surface area contributed by atoms with E-state index in [9.17, 15) is 22.4 Å². The maximum absolute atomic E-state index is 12.0. The average molecular weight is 187 g/mol. The molecule has 0 aliphatic carbocycles. The third-order valence-electron chi connectivity index (χ3n) is 0.893. The fourth-order valence-corrected chi connectivity index (χ4v) is 0.289. The van der Waals surface area contributed by atoms with Gasteiger partial charge in [-0.15, -0.1) is 0 Å². The van der Waals surface area contributed by atoms with Gasteiger partial charge in [-0.05, 0) is 0 Å². The summed E-state index contributed by atoms with van der Waals surface area (Å²) in [6, 6.07) is 0. The van der Waals surface area contributed by atoms with Crippen LogP contribution >= 0.6 is 0 Å². The Bertz CT molecular complexity index is 178. The van der Waals surface area contributed by atoms with Crippen molar-refractivity contribution < 1.29 is 27.1 Å². The number of rotatable bonds is 4. The number of hydrogen-bond acceptors (Lipinski definition) is 2. The maximum atomic E-state index is 12.0. The number of carbonyl (C=O) groups is 1. The van der Waals surface area contributed by atoms with E-state index in [0.29, 0.717) is 6.08 Å². The van der Waals surface area contributed by atoms with Gasteiger partial charge in [-0.25, -0.2) is 13.6 Å². The summed E-state index contributed by atoms with van der Waals surface area (Å²) in [5, 5.41) is 0. The Morgan fingerprint density at radius 2 is 2.08 bits per heavy atom. The van der Waals surface area contributed by atoms with Gasteiger partial charge >= 0.3 is 18.3 Å². The van der Waals surface area contributed by atoms with E-state index < -0.39 is 24.9 Å². The minimum atomic E-state index is -4.29. The Morgan fingerprint density at radius 1 is 1.58 bits per heavy atom. The lowest BCUT2D eigenvalue weighted by Gasteiger charge is -2.13. The SMILES string of the molecule is C=C[13C](=O)OCC(F)(F)C(F)F. The summed E-state index contributed by atoms with van der Waals surface area (Å²) in [5.74, 6) is -5.45. The third-order valence-corrected chi connectivity index (χ3v) is 0.893. The normalized spacial score (nSPS) is 11.4. The van der Waals surface area contributed by atoms with Gasteiger partial charge in [-0.1, -0.05) is 6.58 Å². The van der Waals surface area contributed by atoms with Gasteiger partial charge in [0.05, 0.1) is 0 Å². The molecule has 0 radical (unpaired) electrons. The second-order valence-electron chi connectivity index (χ2n) is 1.87. The second kappa shape index (κ2) is 4.08. The van der Waals surface area contributed by atoms with E-state index >= 15 is 0 Å². The van der Waals surface area contributed by atoms with Crippen LogP contribution in [0.5, 0.6) is 0 Å². The molecule has 0 fully saturated rings. The Morgan fingerprint density at radius 3 is 2.42 bits per heavy atom. The number of esters is 1. The van der Waals surface area contributed by atoms with Crippen LogP contribution in [0, 0.1) is 0 Å². The van der Waals surface area contributed by atoms with Gasteiger partial charge in [0.2, 0.25) is 0 Å². The van der Waals surface area contributed by atoms with E-state index in [1.54, 1.807) is 0 Å². The topological polar surface area (TPSA) is 26.3 Å². The van der Waals surface area contributed by atoms with Crippen molar-refractivity contribution in [3.63, 3.8) is 0 Å². The van der Waals surface area contributed by atoms with Crippen molar-refractivity contribution in [2.75, 3.05) is 6.61 Å². The molecule has 0 aromatic heterocycles.